The van der Waals surface area contributed by atoms with E-state index in [4.69, 9.17) is 6.42 Å². The molecule has 2 nitrogen and oxygen atoms in total. The highest BCUT2D eigenvalue weighted by atomic mass is 32.1. The van der Waals surface area contributed by atoms with Crippen LogP contribution in [-0.2, 0) is 0 Å². The van der Waals surface area contributed by atoms with Gasteiger partial charge in [-0.3, -0.25) is 4.79 Å². The first kappa shape index (κ1) is 10.8. The maximum absolute atomic E-state index is 11.6. The molecule has 1 heterocycles. The molecule has 0 bridgehead atoms. The molecule has 1 amide bonds. The molecule has 1 rings (SSSR count). The number of nitrogens with one attached hydrogen (secondary N) is 1. The topological polar surface area (TPSA) is 29.1 Å². The molecule has 1 aromatic rings. The third kappa shape index (κ3) is 2.61. The van der Waals surface area contributed by atoms with Gasteiger partial charge in [-0.05, 0) is 17.4 Å². The van der Waals surface area contributed by atoms with E-state index in [0.29, 0.717) is 5.56 Å². The Kier molecular flexibility index (Phi) is 3.73. The monoisotopic (exact) mass is 207 g/mol. The number of hydrogen-bond donors (Lipinski definition) is 1. The largest absolute Gasteiger partial charge is 0.338 e. The first-order valence-electron chi connectivity index (χ1n) is 4.44. The summed E-state index contributed by atoms with van der Waals surface area (Å²) >= 11 is 1.50. The Hall–Kier alpha value is -1.27. The van der Waals surface area contributed by atoms with E-state index in [0.717, 1.165) is 0 Å². The predicted octanol–water partition coefficient (Wildman–Crippen LogP) is 2.14. The summed E-state index contributed by atoms with van der Waals surface area (Å²) in [5, 5.41) is 6.48. The zero-order valence-electron chi connectivity index (χ0n) is 8.28. The van der Waals surface area contributed by atoms with Crippen molar-refractivity contribution in [1.82, 2.24) is 5.32 Å². The van der Waals surface area contributed by atoms with Crippen molar-refractivity contribution in [3.05, 3.63) is 22.4 Å². The number of thiophene rings is 1. The van der Waals surface area contributed by atoms with Crippen LogP contribution in [0.3, 0.4) is 0 Å². The molecular formula is C11H13NOS. The predicted molar refractivity (Wildman–Crippen MR) is 59.2 cm³/mol. The number of carbonyl (C=O) groups is 1. The summed E-state index contributed by atoms with van der Waals surface area (Å²) in [5.74, 6) is 2.72. The van der Waals surface area contributed by atoms with Crippen LogP contribution in [0.15, 0.2) is 16.8 Å². The van der Waals surface area contributed by atoms with Gasteiger partial charge in [0.05, 0.1) is 11.6 Å². The van der Waals surface area contributed by atoms with E-state index in [2.05, 4.69) is 11.2 Å². The average Bonchev–Trinajstić information content (AvgIpc) is 2.65. The second-order valence-electron chi connectivity index (χ2n) is 3.37. The lowest BCUT2D eigenvalue weighted by Gasteiger charge is -2.15. The van der Waals surface area contributed by atoms with Crippen molar-refractivity contribution in [2.24, 2.45) is 5.92 Å². The van der Waals surface area contributed by atoms with E-state index < -0.39 is 0 Å². The summed E-state index contributed by atoms with van der Waals surface area (Å²) in [5.41, 5.74) is 0.677. The average molecular weight is 207 g/mol. The lowest BCUT2D eigenvalue weighted by Crippen LogP contribution is -2.37. The number of carbonyl (C=O) groups excluding carboxylic acids is 1. The summed E-state index contributed by atoms with van der Waals surface area (Å²) in [6, 6.07) is 1.59. The minimum Gasteiger partial charge on any atom is -0.338 e. The Morgan fingerprint density at radius 2 is 2.36 bits per heavy atom. The lowest BCUT2D eigenvalue weighted by atomic mass is 10.1. The Morgan fingerprint density at radius 1 is 1.64 bits per heavy atom. The summed E-state index contributed by atoms with van der Waals surface area (Å²) < 4.78 is 0. The van der Waals surface area contributed by atoms with Crippen LogP contribution in [-0.4, -0.2) is 11.9 Å². The van der Waals surface area contributed by atoms with Gasteiger partial charge in [-0.15, -0.1) is 6.42 Å². The van der Waals surface area contributed by atoms with Gasteiger partial charge in [-0.25, -0.2) is 0 Å². The van der Waals surface area contributed by atoms with Gasteiger partial charge in [0.25, 0.3) is 5.91 Å². The van der Waals surface area contributed by atoms with Crippen molar-refractivity contribution in [3.8, 4) is 12.3 Å². The molecular weight excluding hydrogens is 194 g/mol. The van der Waals surface area contributed by atoms with Crippen LogP contribution in [0, 0.1) is 18.3 Å². The van der Waals surface area contributed by atoms with Crippen molar-refractivity contribution in [2.45, 2.75) is 19.9 Å². The van der Waals surface area contributed by atoms with E-state index in [1.807, 2.05) is 24.6 Å². The molecule has 0 aliphatic carbocycles. The third-order valence-corrected chi connectivity index (χ3v) is 2.60. The standard InChI is InChI=1S/C11H13NOS/c1-4-10(8(2)3)12-11(13)9-5-6-14-7-9/h1,5-8,10H,2-3H3,(H,12,13). The van der Waals surface area contributed by atoms with Crippen LogP contribution in [0.1, 0.15) is 24.2 Å². The molecule has 0 aromatic carbocycles. The molecule has 0 saturated carbocycles. The van der Waals surface area contributed by atoms with Crippen LogP contribution < -0.4 is 5.32 Å². The molecule has 0 radical (unpaired) electrons. The quantitative estimate of drug-likeness (QED) is 0.756. The Labute approximate surface area is 88.3 Å². The number of hydrogen-bond acceptors (Lipinski definition) is 2. The molecule has 0 fully saturated rings. The normalized spacial score (nSPS) is 12.1. The molecule has 3 heteroatoms. The van der Waals surface area contributed by atoms with E-state index in [1.165, 1.54) is 11.3 Å². The SMILES string of the molecule is C#CC(NC(=O)c1ccsc1)C(C)C. The maximum Gasteiger partial charge on any atom is 0.253 e. The van der Waals surface area contributed by atoms with E-state index >= 15 is 0 Å². The van der Waals surface area contributed by atoms with Crippen LogP contribution in [0.2, 0.25) is 0 Å². The number of rotatable bonds is 3. The van der Waals surface area contributed by atoms with Gasteiger partial charge in [0.15, 0.2) is 0 Å². The van der Waals surface area contributed by atoms with Gasteiger partial charge >= 0.3 is 0 Å². The first-order valence-corrected chi connectivity index (χ1v) is 5.38. The molecule has 1 aromatic heterocycles. The number of amides is 1. The summed E-state index contributed by atoms with van der Waals surface area (Å²) in [6.07, 6.45) is 5.31. The van der Waals surface area contributed by atoms with Crippen LogP contribution in [0.25, 0.3) is 0 Å². The van der Waals surface area contributed by atoms with E-state index in [-0.39, 0.29) is 17.9 Å². The fourth-order valence-electron chi connectivity index (χ4n) is 1.02. The van der Waals surface area contributed by atoms with Crippen LogP contribution >= 0.6 is 11.3 Å². The van der Waals surface area contributed by atoms with Gasteiger partial charge < -0.3 is 5.32 Å². The van der Waals surface area contributed by atoms with Gasteiger partial charge in [-0.2, -0.15) is 11.3 Å². The molecule has 0 spiro atoms. The van der Waals surface area contributed by atoms with Crippen LogP contribution in [0.4, 0.5) is 0 Å². The maximum atomic E-state index is 11.6. The molecule has 1 unspecified atom stereocenters. The Morgan fingerprint density at radius 3 is 2.79 bits per heavy atom. The summed E-state index contributed by atoms with van der Waals surface area (Å²) in [4.78, 5) is 11.6. The molecule has 0 aliphatic rings. The smallest absolute Gasteiger partial charge is 0.253 e. The van der Waals surface area contributed by atoms with Gasteiger partial charge in [-0.1, -0.05) is 19.8 Å². The highest BCUT2D eigenvalue weighted by Crippen LogP contribution is 2.07. The minimum atomic E-state index is -0.192. The molecule has 1 N–H and O–H groups in total. The molecule has 0 aliphatic heterocycles. The molecule has 14 heavy (non-hydrogen) atoms. The Bertz CT molecular complexity index is 335. The first-order chi connectivity index (χ1) is 6.65. The second-order valence-corrected chi connectivity index (χ2v) is 4.15. The molecule has 74 valence electrons. The summed E-state index contributed by atoms with van der Waals surface area (Å²) in [7, 11) is 0. The van der Waals surface area contributed by atoms with Crippen LogP contribution in [0.5, 0.6) is 0 Å². The van der Waals surface area contributed by atoms with E-state index in [9.17, 15) is 4.79 Å². The second kappa shape index (κ2) is 4.83. The van der Waals surface area contributed by atoms with Gasteiger partial charge in [0, 0.05) is 5.38 Å². The zero-order chi connectivity index (χ0) is 10.6. The summed E-state index contributed by atoms with van der Waals surface area (Å²) in [6.45, 7) is 3.97. The van der Waals surface area contributed by atoms with Crippen molar-refractivity contribution >= 4 is 17.2 Å². The fourth-order valence-corrected chi connectivity index (χ4v) is 1.65. The number of terminal acetylenes is 1. The van der Waals surface area contributed by atoms with Crippen molar-refractivity contribution in [3.63, 3.8) is 0 Å². The van der Waals surface area contributed by atoms with Gasteiger partial charge in [0.2, 0.25) is 0 Å². The van der Waals surface area contributed by atoms with Crippen molar-refractivity contribution < 1.29 is 4.79 Å². The van der Waals surface area contributed by atoms with Crippen molar-refractivity contribution in [2.75, 3.05) is 0 Å². The minimum absolute atomic E-state index is 0.0945. The highest BCUT2D eigenvalue weighted by molar-refractivity contribution is 7.08. The van der Waals surface area contributed by atoms with E-state index in [1.54, 1.807) is 6.07 Å². The molecule has 1 atom stereocenters. The third-order valence-electron chi connectivity index (χ3n) is 1.92. The fraction of sp³-hybridized carbons (Fsp3) is 0.364. The highest BCUT2D eigenvalue weighted by Gasteiger charge is 2.14. The Balaban J connectivity index is 2.61. The van der Waals surface area contributed by atoms with Crippen molar-refractivity contribution in [1.29, 1.82) is 0 Å². The lowest BCUT2D eigenvalue weighted by molar-refractivity contribution is 0.0938. The zero-order valence-corrected chi connectivity index (χ0v) is 9.10. The van der Waals surface area contributed by atoms with Gasteiger partial charge in [0.1, 0.15) is 0 Å². The molecule has 0 saturated heterocycles.